The van der Waals surface area contributed by atoms with Gasteiger partial charge in [-0.25, -0.2) is 13.8 Å². The van der Waals surface area contributed by atoms with Crippen LogP contribution in [-0.2, 0) is 6.54 Å². The van der Waals surface area contributed by atoms with Crippen molar-refractivity contribution in [3.8, 4) is 0 Å². The van der Waals surface area contributed by atoms with Crippen molar-refractivity contribution in [3.05, 3.63) is 87.3 Å². The average molecular weight is 482 g/mol. The van der Waals surface area contributed by atoms with E-state index in [9.17, 15) is 13.6 Å². The Morgan fingerprint density at radius 3 is 2.68 bits per heavy atom. The highest BCUT2D eigenvalue weighted by Crippen LogP contribution is 2.30. The molecule has 0 unspecified atom stereocenters. The Morgan fingerprint density at radius 2 is 1.88 bits per heavy atom. The zero-order valence-electron chi connectivity index (χ0n) is 18.3. The largest absolute Gasteiger partial charge is 0.356 e. The van der Waals surface area contributed by atoms with Gasteiger partial charge in [-0.1, -0.05) is 17.7 Å². The van der Waals surface area contributed by atoms with Crippen LogP contribution in [0.3, 0.4) is 0 Å². The molecular formula is C25H22ClF2N5O. The van der Waals surface area contributed by atoms with E-state index in [2.05, 4.69) is 14.9 Å². The lowest BCUT2D eigenvalue weighted by molar-refractivity contribution is 0.515. The first-order chi connectivity index (χ1) is 16.5. The molecule has 2 aromatic heterocycles. The average Bonchev–Trinajstić information content (AvgIpc) is 2.85. The van der Waals surface area contributed by atoms with Crippen molar-refractivity contribution in [3.63, 3.8) is 0 Å². The summed E-state index contributed by atoms with van der Waals surface area (Å²) in [5.41, 5.74) is 0.515. The lowest BCUT2D eigenvalue weighted by Gasteiger charge is -2.29. The SMILES string of the molecule is O=c1cc(CN(c2cccc(Cl)c2)c2nccc(N3CCCCC3)n2)c2ccc(F)c(F)c2[nH]1. The van der Waals surface area contributed by atoms with E-state index >= 15 is 0 Å². The van der Waals surface area contributed by atoms with Crippen LogP contribution in [0.2, 0.25) is 5.02 Å². The third kappa shape index (κ3) is 4.46. The molecule has 34 heavy (non-hydrogen) atoms. The summed E-state index contributed by atoms with van der Waals surface area (Å²) in [4.78, 5) is 28.1. The van der Waals surface area contributed by atoms with Crippen molar-refractivity contribution in [2.45, 2.75) is 25.8 Å². The molecule has 1 N–H and O–H groups in total. The number of rotatable bonds is 5. The number of pyridine rings is 1. The van der Waals surface area contributed by atoms with Gasteiger partial charge in [0.15, 0.2) is 11.6 Å². The standard InChI is InChI=1S/C25H22ClF2N5O/c26-17-5-4-6-18(14-17)33(25-29-10-9-21(30-25)32-11-2-1-3-12-32)15-16-13-22(34)31-24-19(16)7-8-20(27)23(24)28/h4-10,13-14H,1-3,11-12,15H2,(H,31,34). The minimum Gasteiger partial charge on any atom is -0.356 e. The number of benzene rings is 2. The molecule has 1 aliphatic heterocycles. The van der Waals surface area contributed by atoms with Crippen LogP contribution in [0.25, 0.3) is 10.9 Å². The van der Waals surface area contributed by atoms with E-state index in [1.807, 2.05) is 23.1 Å². The van der Waals surface area contributed by atoms with Gasteiger partial charge < -0.3 is 14.8 Å². The van der Waals surface area contributed by atoms with E-state index in [1.165, 1.54) is 18.6 Å². The number of H-pyrrole nitrogens is 1. The van der Waals surface area contributed by atoms with Crippen molar-refractivity contribution in [2.75, 3.05) is 22.9 Å². The maximum Gasteiger partial charge on any atom is 0.248 e. The lowest BCUT2D eigenvalue weighted by atomic mass is 10.1. The zero-order valence-corrected chi connectivity index (χ0v) is 19.0. The highest BCUT2D eigenvalue weighted by molar-refractivity contribution is 6.30. The molecule has 0 radical (unpaired) electrons. The quantitative estimate of drug-likeness (QED) is 0.403. The Bertz CT molecular complexity index is 1400. The van der Waals surface area contributed by atoms with Crippen LogP contribution < -0.4 is 15.4 Å². The second-order valence-corrected chi connectivity index (χ2v) is 8.71. The van der Waals surface area contributed by atoms with Crippen molar-refractivity contribution in [2.24, 2.45) is 0 Å². The summed E-state index contributed by atoms with van der Waals surface area (Å²) in [7, 11) is 0. The molecule has 1 saturated heterocycles. The Balaban J connectivity index is 1.62. The number of nitrogens with zero attached hydrogens (tertiary/aromatic N) is 4. The molecule has 9 heteroatoms. The summed E-state index contributed by atoms with van der Waals surface area (Å²) in [5, 5.41) is 0.927. The summed E-state index contributed by atoms with van der Waals surface area (Å²) in [6, 6.07) is 13.0. The van der Waals surface area contributed by atoms with Gasteiger partial charge in [-0.15, -0.1) is 0 Å². The van der Waals surface area contributed by atoms with Gasteiger partial charge in [-0.05, 0) is 61.2 Å². The number of aromatic amines is 1. The molecule has 1 aliphatic rings. The molecule has 0 saturated carbocycles. The van der Waals surface area contributed by atoms with Gasteiger partial charge in [0.2, 0.25) is 11.5 Å². The summed E-state index contributed by atoms with van der Waals surface area (Å²) in [6.45, 7) is 2.00. The molecule has 0 amide bonds. The molecule has 174 valence electrons. The summed E-state index contributed by atoms with van der Waals surface area (Å²) >= 11 is 6.27. The molecule has 0 aliphatic carbocycles. The minimum absolute atomic E-state index is 0.148. The molecule has 5 rings (SSSR count). The van der Waals surface area contributed by atoms with Crippen LogP contribution in [0.1, 0.15) is 24.8 Å². The van der Waals surface area contributed by atoms with Crippen molar-refractivity contribution in [1.29, 1.82) is 0 Å². The Labute approximate surface area is 199 Å². The normalized spacial score (nSPS) is 13.9. The number of aromatic nitrogens is 3. The van der Waals surface area contributed by atoms with E-state index in [0.717, 1.165) is 37.8 Å². The number of halogens is 3. The minimum atomic E-state index is -1.09. The number of fused-ring (bicyclic) bond motifs is 1. The van der Waals surface area contributed by atoms with Crippen molar-refractivity contribution in [1.82, 2.24) is 15.0 Å². The summed E-state index contributed by atoms with van der Waals surface area (Å²) < 4.78 is 28.3. The number of anilines is 3. The number of hydrogen-bond acceptors (Lipinski definition) is 5. The molecule has 0 atom stereocenters. The molecule has 0 bridgehead atoms. The molecule has 1 fully saturated rings. The van der Waals surface area contributed by atoms with Gasteiger partial charge >= 0.3 is 0 Å². The monoisotopic (exact) mass is 481 g/mol. The fraction of sp³-hybridized carbons (Fsp3) is 0.240. The highest BCUT2D eigenvalue weighted by Gasteiger charge is 2.20. The predicted molar refractivity (Wildman–Crippen MR) is 130 cm³/mol. The summed E-state index contributed by atoms with van der Waals surface area (Å²) in [5.74, 6) is -0.874. The molecule has 2 aromatic carbocycles. The number of piperidine rings is 1. The van der Waals surface area contributed by atoms with Gasteiger partial charge in [-0.3, -0.25) is 4.79 Å². The lowest BCUT2D eigenvalue weighted by Crippen LogP contribution is -2.31. The number of hydrogen-bond donors (Lipinski definition) is 1. The fourth-order valence-electron chi connectivity index (χ4n) is 4.33. The Morgan fingerprint density at radius 1 is 1.06 bits per heavy atom. The van der Waals surface area contributed by atoms with E-state index in [4.69, 9.17) is 16.6 Å². The maximum absolute atomic E-state index is 14.4. The maximum atomic E-state index is 14.4. The zero-order chi connectivity index (χ0) is 23.7. The fourth-order valence-corrected chi connectivity index (χ4v) is 4.51. The van der Waals surface area contributed by atoms with Crippen molar-refractivity contribution < 1.29 is 8.78 Å². The van der Waals surface area contributed by atoms with Crippen LogP contribution in [0.15, 0.2) is 59.5 Å². The molecular weight excluding hydrogens is 460 g/mol. The third-order valence-electron chi connectivity index (χ3n) is 5.99. The number of nitrogens with one attached hydrogen (secondary N) is 1. The topological polar surface area (TPSA) is 65.1 Å². The van der Waals surface area contributed by atoms with E-state index in [-0.39, 0.29) is 12.1 Å². The molecule has 0 spiro atoms. The summed E-state index contributed by atoms with van der Waals surface area (Å²) in [6.07, 6.45) is 5.13. The van der Waals surface area contributed by atoms with Gasteiger partial charge in [-0.2, -0.15) is 4.98 Å². The first-order valence-corrected chi connectivity index (χ1v) is 11.5. The van der Waals surface area contributed by atoms with Gasteiger partial charge in [0.05, 0.1) is 12.1 Å². The van der Waals surface area contributed by atoms with Crippen molar-refractivity contribution >= 4 is 40.0 Å². The van der Waals surface area contributed by atoms with Gasteiger partial charge in [0, 0.05) is 41.4 Å². The van der Waals surface area contributed by atoms with Crippen LogP contribution >= 0.6 is 11.6 Å². The first-order valence-electron chi connectivity index (χ1n) is 11.1. The molecule has 4 aromatic rings. The van der Waals surface area contributed by atoms with Crippen LogP contribution in [0.4, 0.5) is 26.2 Å². The second-order valence-electron chi connectivity index (χ2n) is 8.27. The Hall–Kier alpha value is -3.52. The van der Waals surface area contributed by atoms with E-state index < -0.39 is 17.2 Å². The predicted octanol–water partition coefficient (Wildman–Crippen LogP) is 5.58. The van der Waals surface area contributed by atoms with E-state index in [0.29, 0.717) is 27.6 Å². The van der Waals surface area contributed by atoms with Crippen LogP contribution in [-0.4, -0.2) is 28.0 Å². The third-order valence-corrected chi connectivity index (χ3v) is 6.23. The van der Waals surface area contributed by atoms with Gasteiger partial charge in [0.25, 0.3) is 0 Å². The first kappa shape index (κ1) is 22.3. The molecule has 6 nitrogen and oxygen atoms in total. The highest BCUT2D eigenvalue weighted by atomic mass is 35.5. The second kappa shape index (κ2) is 9.38. The smallest absolute Gasteiger partial charge is 0.248 e. The van der Waals surface area contributed by atoms with Crippen LogP contribution in [0, 0.1) is 11.6 Å². The van der Waals surface area contributed by atoms with Gasteiger partial charge in [0.1, 0.15) is 5.82 Å². The Kier molecular flexibility index (Phi) is 6.15. The molecule has 3 heterocycles. The van der Waals surface area contributed by atoms with E-state index in [1.54, 1.807) is 18.3 Å². The van der Waals surface area contributed by atoms with Crippen LogP contribution in [0.5, 0.6) is 0 Å².